The van der Waals surface area contributed by atoms with Crippen LogP contribution in [0.1, 0.15) is 6.42 Å². The van der Waals surface area contributed by atoms with Gasteiger partial charge in [-0.25, -0.2) is 0 Å². The Kier molecular flexibility index (Phi) is 4.47. The molecule has 0 heterocycles. The van der Waals surface area contributed by atoms with Crippen molar-refractivity contribution in [1.82, 2.24) is 0 Å². The van der Waals surface area contributed by atoms with E-state index < -0.39 is 0 Å². The SMILES string of the molecule is N#CCC[Te]c1ccc(Cl)cc1. The normalized spacial score (nSPS) is 9.33. The van der Waals surface area contributed by atoms with E-state index in [1.54, 1.807) is 0 Å². The molecule has 3 heteroatoms. The topological polar surface area (TPSA) is 23.8 Å². The van der Waals surface area contributed by atoms with Crippen molar-refractivity contribution in [2.45, 2.75) is 10.9 Å². The van der Waals surface area contributed by atoms with Gasteiger partial charge in [0.1, 0.15) is 0 Å². The maximum absolute atomic E-state index is 8.34. The van der Waals surface area contributed by atoms with Crippen LogP contribution in [0.4, 0.5) is 0 Å². The molecule has 1 aromatic carbocycles. The summed E-state index contributed by atoms with van der Waals surface area (Å²) in [6, 6.07) is 10.1. The number of benzene rings is 1. The molecule has 0 spiro atoms. The zero-order chi connectivity index (χ0) is 8.81. The van der Waals surface area contributed by atoms with Crippen LogP contribution >= 0.6 is 11.6 Å². The Morgan fingerprint density at radius 1 is 1.33 bits per heavy atom. The summed E-state index contributed by atoms with van der Waals surface area (Å²) >= 11 is 5.59. The van der Waals surface area contributed by atoms with Gasteiger partial charge in [0.05, 0.1) is 0 Å². The zero-order valence-electron chi connectivity index (χ0n) is 6.46. The molecule has 1 rings (SSSR count). The van der Waals surface area contributed by atoms with Crippen molar-refractivity contribution < 1.29 is 0 Å². The quantitative estimate of drug-likeness (QED) is 0.618. The van der Waals surface area contributed by atoms with E-state index in [2.05, 4.69) is 18.2 Å². The van der Waals surface area contributed by atoms with Crippen molar-refractivity contribution >= 4 is 36.1 Å². The van der Waals surface area contributed by atoms with Crippen LogP contribution in [0.3, 0.4) is 0 Å². The standard InChI is InChI=1S/C9H8ClNTe/c10-8-2-4-9(5-3-8)12-7-1-6-11/h2-5H,1,7H2. The molecule has 0 aliphatic heterocycles. The summed E-state index contributed by atoms with van der Waals surface area (Å²) in [6.07, 6.45) is 0.685. The van der Waals surface area contributed by atoms with Crippen LogP contribution in [0.2, 0.25) is 9.49 Å². The second-order valence-corrected chi connectivity index (χ2v) is 5.98. The van der Waals surface area contributed by atoms with Crippen molar-refractivity contribution in [2.24, 2.45) is 0 Å². The molecule has 0 aliphatic rings. The van der Waals surface area contributed by atoms with E-state index in [1.165, 1.54) is 3.61 Å². The van der Waals surface area contributed by atoms with Gasteiger partial charge in [-0.1, -0.05) is 0 Å². The Labute approximate surface area is 87.4 Å². The van der Waals surface area contributed by atoms with Crippen LogP contribution < -0.4 is 3.61 Å². The predicted molar refractivity (Wildman–Crippen MR) is 51.9 cm³/mol. The fourth-order valence-electron chi connectivity index (χ4n) is 0.745. The molecule has 0 bridgehead atoms. The first kappa shape index (κ1) is 9.87. The molecule has 0 unspecified atom stereocenters. The van der Waals surface area contributed by atoms with Crippen LogP contribution in [0.5, 0.6) is 0 Å². The molecule has 1 nitrogen and oxygen atoms in total. The second kappa shape index (κ2) is 5.44. The summed E-state index contributed by atoms with van der Waals surface area (Å²) in [5.41, 5.74) is 0. The molecule has 0 aromatic heterocycles. The van der Waals surface area contributed by atoms with Crippen LogP contribution in [0.15, 0.2) is 24.3 Å². The van der Waals surface area contributed by atoms with Gasteiger partial charge in [-0.15, -0.1) is 0 Å². The minimum absolute atomic E-state index is 0.144. The van der Waals surface area contributed by atoms with E-state index in [0.29, 0.717) is 6.42 Å². The molecule has 0 radical (unpaired) electrons. The van der Waals surface area contributed by atoms with Crippen molar-refractivity contribution in [2.75, 3.05) is 0 Å². The summed E-state index contributed by atoms with van der Waals surface area (Å²) in [7, 11) is 0. The minimum atomic E-state index is -0.144. The van der Waals surface area contributed by atoms with Gasteiger partial charge in [-0.2, -0.15) is 0 Å². The van der Waals surface area contributed by atoms with Crippen LogP contribution in [-0.2, 0) is 0 Å². The molecule has 12 heavy (non-hydrogen) atoms. The molecule has 0 saturated carbocycles. The van der Waals surface area contributed by atoms with Crippen molar-refractivity contribution in [3.05, 3.63) is 29.3 Å². The third-order valence-corrected chi connectivity index (χ3v) is 4.44. The number of halogens is 1. The number of hydrogen-bond acceptors (Lipinski definition) is 1. The second-order valence-electron chi connectivity index (χ2n) is 2.21. The third-order valence-electron chi connectivity index (χ3n) is 1.30. The summed E-state index contributed by atoms with van der Waals surface area (Å²) in [4.78, 5) is 0. The Bertz CT molecular complexity index is 276. The molecule has 0 fully saturated rings. The molecular weight excluding hydrogens is 285 g/mol. The monoisotopic (exact) mass is 295 g/mol. The van der Waals surface area contributed by atoms with Gasteiger partial charge in [-0.05, 0) is 0 Å². The van der Waals surface area contributed by atoms with Gasteiger partial charge in [0.15, 0.2) is 0 Å². The Morgan fingerprint density at radius 2 is 2.00 bits per heavy atom. The van der Waals surface area contributed by atoms with Crippen molar-refractivity contribution in [1.29, 1.82) is 5.26 Å². The Balaban J connectivity index is 2.43. The molecule has 1 aromatic rings. The first-order chi connectivity index (χ1) is 5.83. The zero-order valence-corrected chi connectivity index (χ0v) is 9.54. The van der Waals surface area contributed by atoms with Crippen molar-refractivity contribution in [3.63, 3.8) is 0 Å². The summed E-state index contributed by atoms with van der Waals surface area (Å²) in [5.74, 6) is 0. The van der Waals surface area contributed by atoms with E-state index in [-0.39, 0.29) is 20.9 Å². The van der Waals surface area contributed by atoms with E-state index in [0.717, 1.165) is 9.49 Å². The number of rotatable bonds is 3. The van der Waals surface area contributed by atoms with Crippen LogP contribution in [0, 0.1) is 11.3 Å². The van der Waals surface area contributed by atoms with E-state index >= 15 is 0 Å². The van der Waals surface area contributed by atoms with Gasteiger partial charge in [0.2, 0.25) is 0 Å². The predicted octanol–water partition coefficient (Wildman–Crippen LogP) is 2.00. The van der Waals surface area contributed by atoms with Crippen LogP contribution in [-0.4, -0.2) is 20.9 Å². The third kappa shape index (κ3) is 3.46. The molecule has 62 valence electrons. The van der Waals surface area contributed by atoms with E-state index in [4.69, 9.17) is 16.9 Å². The van der Waals surface area contributed by atoms with Gasteiger partial charge in [0, 0.05) is 0 Å². The number of nitriles is 1. The van der Waals surface area contributed by atoms with Gasteiger partial charge >= 0.3 is 87.6 Å². The first-order valence-corrected chi connectivity index (χ1v) is 6.77. The Hall–Kier alpha value is -0.210. The van der Waals surface area contributed by atoms with Gasteiger partial charge in [-0.3, -0.25) is 0 Å². The first-order valence-electron chi connectivity index (χ1n) is 3.58. The molecule has 0 atom stereocenters. The average Bonchev–Trinajstić information content (AvgIpc) is 2.09. The molecule has 0 N–H and O–H groups in total. The number of nitrogens with zero attached hydrogens (tertiary/aromatic N) is 1. The maximum atomic E-state index is 8.34. The summed E-state index contributed by atoms with van der Waals surface area (Å²) in [6.45, 7) is 0. The fraction of sp³-hybridized carbons (Fsp3) is 0.222. The number of hydrogen-bond donors (Lipinski definition) is 0. The van der Waals surface area contributed by atoms with Gasteiger partial charge < -0.3 is 0 Å². The van der Waals surface area contributed by atoms with E-state index in [9.17, 15) is 0 Å². The van der Waals surface area contributed by atoms with Crippen molar-refractivity contribution in [3.8, 4) is 6.07 Å². The molecule has 0 aliphatic carbocycles. The fourth-order valence-corrected chi connectivity index (χ4v) is 3.03. The Morgan fingerprint density at radius 3 is 2.58 bits per heavy atom. The van der Waals surface area contributed by atoms with Gasteiger partial charge in [0.25, 0.3) is 0 Å². The van der Waals surface area contributed by atoms with Crippen LogP contribution in [0.25, 0.3) is 0 Å². The average molecular weight is 293 g/mol. The molecular formula is C9H8ClNTe. The molecule has 0 saturated heterocycles. The molecule has 0 amide bonds. The summed E-state index contributed by atoms with van der Waals surface area (Å²) < 4.78 is 2.43. The summed E-state index contributed by atoms with van der Waals surface area (Å²) in [5, 5.41) is 9.12. The van der Waals surface area contributed by atoms with E-state index in [1.807, 2.05) is 12.1 Å².